The summed E-state index contributed by atoms with van der Waals surface area (Å²) in [6.07, 6.45) is 1.69. The summed E-state index contributed by atoms with van der Waals surface area (Å²) in [7, 11) is 3.44. The predicted octanol–water partition coefficient (Wildman–Crippen LogP) is 0.624. The van der Waals surface area contributed by atoms with E-state index in [1.54, 1.807) is 20.3 Å². The van der Waals surface area contributed by atoms with Crippen LogP contribution in [0.1, 0.15) is 19.4 Å². The normalized spacial score (nSPS) is 11.0. The summed E-state index contributed by atoms with van der Waals surface area (Å²) in [6.45, 7) is 5.79. The van der Waals surface area contributed by atoms with Gasteiger partial charge < -0.3 is 20.3 Å². The number of carbonyl (C=O) groups is 1. The Labute approximate surface area is 131 Å². The fourth-order valence-electron chi connectivity index (χ4n) is 1.63. The average Bonchev–Trinajstić information content (AvgIpc) is 2.51. The number of aromatic nitrogens is 1. The Morgan fingerprint density at radius 2 is 2.14 bits per heavy atom. The molecule has 0 aliphatic rings. The van der Waals surface area contributed by atoms with Crippen LogP contribution in [0.4, 0.5) is 0 Å². The Hall–Kier alpha value is -2.31. The van der Waals surface area contributed by atoms with Gasteiger partial charge in [-0.05, 0) is 19.9 Å². The Balaban J connectivity index is 2.71. The van der Waals surface area contributed by atoms with Gasteiger partial charge in [-0.15, -0.1) is 0 Å². The number of amides is 1. The monoisotopic (exact) mass is 307 g/mol. The van der Waals surface area contributed by atoms with Crippen LogP contribution in [0.5, 0.6) is 5.88 Å². The highest BCUT2D eigenvalue weighted by Gasteiger charge is 2.07. The predicted molar refractivity (Wildman–Crippen MR) is 86.9 cm³/mol. The Morgan fingerprint density at radius 1 is 1.36 bits per heavy atom. The van der Waals surface area contributed by atoms with E-state index in [4.69, 9.17) is 4.74 Å². The molecule has 0 saturated carbocycles. The van der Waals surface area contributed by atoms with E-state index in [0.717, 1.165) is 5.56 Å². The number of likely N-dealkylation sites (N-methyl/N-ethyl adjacent to an activating group) is 1. The molecule has 1 heterocycles. The van der Waals surface area contributed by atoms with Gasteiger partial charge in [-0.1, -0.05) is 6.07 Å². The lowest BCUT2D eigenvalue weighted by Gasteiger charge is -2.14. The quantitative estimate of drug-likeness (QED) is 0.570. The van der Waals surface area contributed by atoms with Crippen molar-refractivity contribution in [1.82, 2.24) is 20.5 Å². The molecule has 7 heteroatoms. The first-order chi connectivity index (χ1) is 10.6. The molecule has 2 N–H and O–H groups in total. The number of rotatable bonds is 7. The molecule has 7 nitrogen and oxygen atoms in total. The van der Waals surface area contributed by atoms with Gasteiger partial charge in [0.05, 0.1) is 19.7 Å². The highest BCUT2D eigenvalue weighted by molar-refractivity contribution is 5.86. The lowest BCUT2D eigenvalue weighted by Crippen LogP contribution is -2.42. The maximum atomic E-state index is 11.6. The van der Waals surface area contributed by atoms with Gasteiger partial charge in [-0.2, -0.15) is 0 Å². The van der Waals surface area contributed by atoms with Crippen LogP contribution in [0.25, 0.3) is 0 Å². The van der Waals surface area contributed by atoms with Crippen LogP contribution in [-0.4, -0.2) is 55.5 Å². The first kappa shape index (κ1) is 17.7. The van der Waals surface area contributed by atoms with Gasteiger partial charge in [0.1, 0.15) is 0 Å². The van der Waals surface area contributed by atoms with E-state index < -0.39 is 0 Å². The number of nitrogens with one attached hydrogen (secondary N) is 2. The maximum absolute atomic E-state index is 11.6. The van der Waals surface area contributed by atoms with Gasteiger partial charge in [-0.25, -0.2) is 9.98 Å². The second-order valence-electron chi connectivity index (χ2n) is 4.74. The molecule has 1 aromatic heterocycles. The molecule has 0 radical (unpaired) electrons. The molecule has 0 unspecified atom stereocenters. The summed E-state index contributed by atoms with van der Waals surface area (Å²) in [5.74, 6) is 1.17. The summed E-state index contributed by atoms with van der Waals surface area (Å²) >= 11 is 0. The van der Waals surface area contributed by atoms with Crippen molar-refractivity contribution in [3.63, 3.8) is 0 Å². The van der Waals surface area contributed by atoms with Gasteiger partial charge in [0.25, 0.3) is 0 Å². The number of hydrogen-bond donors (Lipinski definition) is 2. The number of ether oxygens (including phenoxy) is 1. The number of carbonyl (C=O) groups excluding carboxylic acids is 1. The number of aliphatic imine (C=N–C) groups is 1. The van der Waals surface area contributed by atoms with E-state index in [2.05, 4.69) is 20.6 Å². The molecule has 1 amide bonds. The van der Waals surface area contributed by atoms with E-state index in [-0.39, 0.29) is 12.5 Å². The van der Waals surface area contributed by atoms with Crippen molar-refractivity contribution in [3.05, 3.63) is 23.9 Å². The summed E-state index contributed by atoms with van der Waals surface area (Å²) in [4.78, 5) is 21.8. The fraction of sp³-hybridized carbons (Fsp3) is 0.533. The topological polar surface area (TPSA) is 78.9 Å². The van der Waals surface area contributed by atoms with Crippen molar-refractivity contribution >= 4 is 11.9 Å². The number of guanidine groups is 1. The van der Waals surface area contributed by atoms with E-state index in [1.165, 1.54) is 4.90 Å². The van der Waals surface area contributed by atoms with E-state index in [9.17, 15) is 4.79 Å². The Bertz CT molecular complexity index is 502. The number of pyridine rings is 1. The largest absolute Gasteiger partial charge is 0.478 e. The number of nitrogens with zero attached hydrogens (tertiary/aromatic N) is 3. The summed E-state index contributed by atoms with van der Waals surface area (Å²) in [6, 6.07) is 3.78. The van der Waals surface area contributed by atoms with E-state index >= 15 is 0 Å². The highest BCUT2D eigenvalue weighted by atomic mass is 16.5. The van der Waals surface area contributed by atoms with Crippen LogP contribution in [0.15, 0.2) is 23.3 Å². The highest BCUT2D eigenvalue weighted by Crippen LogP contribution is 2.15. The summed E-state index contributed by atoms with van der Waals surface area (Å²) in [5, 5.41) is 6.12. The van der Waals surface area contributed by atoms with Gasteiger partial charge >= 0.3 is 0 Å². The number of hydrogen-bond acceptors (Lipinski definition) is 4. The zero-order chi connectivity index (χ0) is 16.4. The lowest BCUT2D eigenvalue weighted by atomic mass is 10.3. The third-order valence-corrected chi connectivity index (χ3v) is 2.79. The minimum Gasteiger partial charge on any atom is -0.478 e. The van der Waals surface area contributed by atoms with Gasteiger partial charge in [-0.3, -0.25) is 4.79 Å². The van der Waals surface area contributed by atoms with Crippen molar-refractivity contribution in [1.29, 1.82) is 0 Å². The molecule has 22 heavy (non-hydrogen) atoms. The van der Waals surface area contributed by atoms with Crippen LogP contribution in [0, 0.1) is 0 Å². The molecular formula is C15H25N5O2. The summed E-state index contributed by atoms with van der Waals surface area (Å²) < 4.78 is 5.48. The van der Waals surface area contributed by atoms with Crippen LogP contribution < -0.4 is 15.4 Å². The molecule has 122 valence electrons. The standard InChI is InChI=1S/C15H25N5O2/c1-5-16-15(19-11-13(21)20(3)4)18-10-12-8-7-9-17-14(12)22-6-2/h7-9H,5-6,10-11H2,1-4H3,(H2,16,18,19). The fourth-order valence-corrected chi connectivity index (χ4v) is 1.63. The van der Waals surface area contributed by atoms with Crippen LogP contribution in [-0.2, 0) is 11.3 Å². The Morgan fingerprint density at radius 3 is 2.77 bits per heavy atom. The molecule has 0 spiro atoms. The van der Waals surface area contributed by atoms with Gasteiger partial charge in [0.2, 0.25) is 11.8 Å². The molecule has 0 aliphatic carbocycles. The Kier molecular flexibility index (Phi) is 7.74. The maximum Gasteiger partial charge on any atom is 0.241 e. The second-order valence-corrected chi connectivity index (χ2v) is 4.74. The van der Waals surface area contributed by atoms with Gasteiger partial charge in [0, 0.05) is 32.4 Å². The summed E-state index contributed by atoms with van der Waals surface area (Å²) in [5.41, 5.74) is 0.903. The lowest BCUT2D eigenvalue weighted by molar-refractivity contribution is -0.127. The smallest absolute Gasteiger partial charge is 0.241 e. The first-order valence-electron chi connectivity index (χ1n) is 7.37. The minimum absolute atomic E-state index is 0.0120. The van der Waals surface area contributed by atoms with Crippen molar-refractivity contribution in [3.8, 4) is 5.88 Å². The molecule has 0 aromatic carbocycles. The van der Waals surface area contributed by atoms with Crippen LogP contribution in [0.2, 0.25) is 0 Å². The second kappa shape index (κ2) is 9.59. The molecule has 1 rings (SSSR count). The zero-order valence-electron chi connectivity index (χ0n) is 13.7. The van der Waals surface area contributed by atoms with Crippen LogP contribution >= 0.6 is 0 Å². The van der Waals surface area contributed by atoms with Crippen molar-refractivity contribution < 1.29 is 9.53 Å². The zero-order valence-corrected chi connectivity index (χ0v) is 13.7. The molecule has 0 saturated heterocycles. The minimum atomic E-state index is -0.0120. The molecule has 1 aromatic rings. The van der Waals surface area contributed by atoms with Crippen molar-refractivity contribution in [2.45, 2.75) is 20.4 Å². The molecule has 0 atom stereocenters. The van der Waals surface area contributed by atoms with Crippen LogP contribution in [0.3, 0.4) is 0 Å². The molecular weight excluding hydrogens is 282 g/mol. The van der Waals surface area contributed by atoms with Gasteiger partial charge in [0.15, 0.2) is 5.96 Å². The van der Waals surface area contributed by atoms with E-state index in [0.29, 0.717) is 31.5 Å². The molecule has 0 fully saturated rings. The van der Waals surface area contributed by atoms with E-state index in [1.807, 2.05) is 26.0 Å². The third-order valence-electron chi connectivity index (χ3n) is 2.79. The third kappa shape index (κ3) is 5.99. The molecule has 0 aliphatic heterocycles. The molecule has 0 bridgehead atoms. The van der Waals surface area contributed by atoms with Crippen molar-refractivity contribution in [2.24, 2.45) is 4.99 Å². The SMILES string of the molecule is CCNC(=NCc1cccnc1OCC)NCC(=O)N(C)C. The van der Waals surface area contributed by atoms with Crippen molar-refractivity contribution in [2.75, 3.05) is 33.8 Å². The average molecular weight is 307 g/mol. The first-order valence-corrected chi connectivity index (χ1v) is 7.37.